The Labute approximate surface area is 237 Å². The van der Waals surface area contributed by atoms with Gasteiger partial charge in [0.05, 0.1) is 27.0 Å². The number of nitrogens with zero attached hydrogens (tertiary/aromatic N) is 5. The average molecular weight is 581 g/mol. The number of halogens is 2. The second-order valence-corrected chi connectivity index (χ2v) is 12.9. The number of thiazole rings is 1. The van der Waals surface area contributed by atoms with E-state index in [1.807, 2.05) is 0 Å². The monoisotopic (exact) mass is 580 g/mol. The van der Waals surface area contributed by atoms with E-state index in [1.165, 1.54) is 6.07 Å². The van der Waals surface area contributed by atoms with E-state index in [9.17, 15) is 13.6 Å². The molecule has 4 fully saturated rings. The zero-order valence-electron chi connectivity index (χ0n) is 22.3. The van der Waals surface area contributed by atoms with Crippen LogP contribution >= 0.6 is 11.3 Å². The second kappa shape index (κ2) is 9.30. The van der Waals surface area contributed by atoms with E-state index >= 15 is 0 Å². The molecule has 4 aromatic rings. The van der Waals surface area contributed by atoms with Gasteiger partial charge in [-0.1, -0.05) is 11.3 Å². The first-order valence-electron chi connectivity index (χ1n) is 14.2. The van der Waals surface area contributed by atoms with Gasteiger partial charge in [0, 0.05) is 43.7 Å². The van der Waals surface area contributed by atoms with E-state index < -0.39 is 12.0 Å². The first kappa shape index (κ1) is 25.3. The van der Waals surface area contributed by atoms with E-state index in [4.69, 9.17) is 20.4 Å². The molecule has 4 N–H and O–H groups in total. The minimum atomic E-state index is -0.864. The lowest BCUT2D eigenvalue weighted by molar-refractivity contribution is 0.107. The molecule has 0 aliphatic carbocycles. The maximum absolute atomic E-state index is 14.5. The van der Waals surface area contributed by atoms with Crippen molar-refractivity contribution in [1.82, 2.24) is 30.2 Å². The highest BCUT2D eigenvalue weighted by molar-refractivity contribution is 7.22. The SMILES string of the molecule is Nc1nc2c(-c3cc4nc(OC[C@@]56CCCN5C[C@H](F)C6)nc(N5CC6CCC(C5)N6)c4c(=O)[nH]3)ccc(F)c2s1. The summed E-state index contributed by atoms with van der Waals surface area (Å²) >= 11 is 1.06. The second-order valence-electron chi connectivity index (χ2n) is 11.8. The molecule has 0 amide bonds. The third kappa shape index (κ3) is 4.16. The molecule has 4 saturated heterocycles. The van der Waals surface area contributed by atoms with Crippen LogP contribution in [0.3, 0.4) is 0 Å². The minimum Gasteiger partial charge on any atom is -0.461 e. The summed E-state index contributed by atoms with van der Waals surface area (Å²) < 4.78 is 35.5. The molecule has 4 aliphatic heterocycles. The van der Waals surface area contributed by atoms with Crippen LogP contribution in [0.2, 0.25) is 0 Å². The van der Waals surface area contributed by atoms with E-state index in [-0.39, 0.29) is 28.8 Å². The fourth-order valence-electron chi connectivity index (χ4n) is 7.39. The molecule has 41 heavy (non-hydrogen) atoms. The summed E-state index contributed by atoms with van der Waals surface area (Å²) in [6.45, 7) is 3.03. The standard InChI is InChI=1S/C28H30F2N8O2S/c29-14-9-28(6-1-7-38(28)10-14)13-40-27-34-20-8-19(17-4-5-18(30)23-22(17)35-26(31)41-23)33-25(39)21(20)24(36-27)37-11-15-2-3-16(12-37)32-15/h4-5,8,14-16,32H,1-3,6-7,9-13H2,(H2,31,35)(H,33,39)/t14-,15?,16?,28+/m1/s1. The molecule has 214 valence electrons. The molecule has 3 aromatic heterocycles. The maximum atomic E-state index is 14.5. The predicted octanol–water partition coefficient (Wildman–Crippen LogP) is 3.21. The topological polar surface area (TPSA) is 125 Å². The van der Waals surface area contributed by atoms with Crippen molar-refractivity contribution in [3.05, 3.63) is 34.4 Å². The highest BCUT2D eigenvalue weighted by atomic mass is 32.1. The van der Waals surface area contributed by atoms with Crippen LogP contribution in [0, 0.1) is 5.82 Å². The van der Waals surface area contributed by atoms with Crippen LogP contribution in [0.1, 0.15) is 32.1 Å². The Balaban J connectivity index is 1.24. The number of H-pyrrole nitrogens is 1. The molecule has 1 aromatic carbocycles. The van der Waals surface area contributed by atoms with Crippen LogP contribution in [0.15, 0.2) is 23.0 Å². The fraction of sp³-hybridized carbons (Fsp3) is 0.500. The number of aromatic amines is 1. The van der Waals surface area contributed by atoms with E-state index in [1.54, 1.807) is 12.1 Å². The number of hydrogen-bond donors (Lipinski definition) is 3. The van der Waals surface area contributed by atoms with Crippen LogP contribution in [0.5, 0.6) is 6.01 Å². The zero-order chi connectivity index (χ0) is 27.9. The van der Waals surface area contributed by atoms with Crippen molar-refractivity contribution >= 4 is 43.4 Å². The van der Waals surface area contributed by atoms with Crippen molar-refractivity contribution in [1.29, 1.82) is 0 Å². The van der Waals surface area contributed by atoms with Crippen molar-refractivity contribution in [2.45, 2.75) is 55.9 Å². The molecule has 0 spiro atoms. The average Bonchev–Trinajstić information content (AvgIpc) is 3.69. The molecule has 13 heteroatoms. The summed E-state index contributed by atoms with van der Waals surface area (Å²) in [5.41, 5.74) is 7.01. The van der Waals surface area contributed by atoms with Crippen molar-refractivity contribution in [3.63, 3.8) is 0 Å². The summed E-state index contributed by atoms with van der Waals surface area (Å²) in [7, 11) is 0. The van der Waals surface area contributed by atoms with Gasteiger partial charge < -0.3 is 25.7 Å². The lowest BCUT2D eigenvalue weighted by Crippen LogP contribution is -2.51. The number of rotatable bonds is 5. The van der Waals surface area contributed by atoms with Gasteiger partial charge in [0.2, 0.25) is 0 Å². The minimum absolute atomic E-state index is 0.167. The number of nitrogens with two attached hydrogens (primary N) is 1. The number of anilines is 2. The summed E-state index contributed by atoms with van der Waals surface area (Å²) in [6, 6.07) is 5.52. The largest absolute Gasteiger partial charge is 0.461 e. The summed E-state index contributed by atoms with van der Waals surface area (Å²) in [5.74, 6) is 0.117. The number of alkyl halides is 1. The Hall–Kier alpha value is -3.42. The first-order chi connectivity index (χ1) is 19.8. The summed E-state index contributed by atoms with van der Waals surface area (Å²) in [6.07, 6.45) is 3.61. The lowest BCUT2D eigenvalue weighted by Gasteiger charge is -2.34. The van der Waals surface area contributed by atoms with Crippen LogP contribution in [0.25, 0.3) is 32.4 Å². The van der Waals surface area contributed by atoms with Gasteiger partial charge in [-0.25, -0.2) is 13.8 Å². The third-order valence-corrected chi connectivity index (χ3v) is 10.1. The number of piperazine rings is 1. The molecule has 0 saturated carbocycles. The number of aromatic nitrogens is 4. The van der Waals surface area contributed by atoms with Gasteiger partial charge in [-0.3, -0.25) is 9.69 Å². The Morgan fingerprint density at radius 2 is 2.00 bits per heavy atom. The van der Waals surface area contributed by atoms with Gasteiger partial charge in [-0.2, -0.15) is 9.97 Å². The predicted molar refractivity (Wildman–Crippen MR) is 154 cm³/mol. The lowest BCUT2D eigenvalue weighted by atomic mass is 9.95. The summed E-state index contributed by atoms with van der Waals surface area (Å²) in [5, 5.41) is 4.24. The van der Waals surface area contributed by atoms with E-state index in [2.05, 4.69) is 25.1 Å². The number of fused-ring (bicyclic) bond motifs is 5. The molecule has 7 heterocycles. The molecule has 2 unspecified atom stereocenters. The van der Waals surface area contributed by atoms with Gasteiger partial charge in [0.25, 0.3) is 5.56 Å². The highest BCUT2D eigenvalue weighted by Crippen LogP contribution is 2.41. The van der Waals surface area contributed by atoms with E-state index in [0.717, 1.165) is 56.7 Å². The third-order valence-electron chi connectivity index (χ3n) is 9.20. The molecule has 10 nitrogen and oxygen atoms in total. The number of hydrogen-bond acceptors (Lipinski definition) is 10. The van der Waals surface area contributed by atoms with Crippen molar-refractivity contribution in [2.24, 2.45) is 0 Å². The summed E-state index contributed by atoms with van der Waals surface area (Å²) in [4.78, 5) is 34.8. The van der Waals surface area contributed by atoms with Crippen LogP contribution in [-0.2, 0) is 0 Å². The van der Waals surface area contributed by atoms with Gasteiger partial charge in [0.1, 0.15) is 29.8 Å². The molecule has 0 radical (unpaired) electrons. The molecule has 4 atom stereocenters. The van der Waals surface area contributed by atoms with Gasteiger partial charge in [0.15, 0.2) is 5.13 Å². The van der Waals surface area contributed by atoms with Gasteiger partial charge in [-0.15, -0.1) is 0 Å². The first-order valence-corrected chi connectivity index (χ1v) is 15.0. The molecule has 2 bridgehead atoms. The van der Waals surface area contributed by atoms with Crippen molar-refractivity contribution in [2.75, 3.05) is 43.4 Å². The number of nitrogens with one attached hydrogen (secondary N) is 2. The van der Waals surface area contributed by atoms with Crippen LogP contribution in [0.4, 0.5) is 19.7 Å². The van der Waals surface area contributed by atoms with Crippen molar-refractivity contribution < 1.29 is 13.5 Å². The fourth-order valence-corrected chi connectivity index (χ4v) is 8.15. The number of pyridine rings is 1. The zero-order valence-corrected chi connectivity index (χ0v) is 23.1. The molecule has 4 aliphatic rings. The number of benzene rings is 1. The van der Waals surface area contributed by atoms with E-state index in [0.29, 0.717) is 63.2 Å². The van der Waals surface area contributed by atoms with Crippen molar-refractivity contribution in [3.8, 4) is 17.3 Å². The Morgan fingerprint density at radius 3 is 2.83 bits per heavy atom. The normalized spacial score (nSPS) is 27.8. The smallest absolute Gasteiger partial charge is 0.319 e. The van der Waals surface area contributed by atoms with Crippen LogP contribution < -0.4 is 26.2 Å². The molecular weight excluding hydrogens is 550 g/mol. The molecular formula is C28H30F2N8O2S. The van der Waals surface area contributed by atoms with Crippen LogP contribution in [-0.4, -0.2) is 81.4 Å². The quantitative estimate of drug-likeness (QED) is 0.326. The van der Waals surface area contributed by atoms with Gasteiger partial charge in [-0.05, 0) is 50.4 Å². The molecule has 8 rings (SSSR count). The number of nitrogen functional groups attached to an aromatic ring is 1. The van der Waals surface area contributed by atoms with Gasteiger partial charge >= 0.3 is 6.01 Å². The Morgan fingerprint density at radius 1 is 1.17 bits per heavy atom. The Bertz CT molecular complexity index is 1730. The Kier molecular flexibility index (Phi) is 5.74. The maximum Gasteiger partial charge on any atom is 0.319 e. The number of ether oxygens (including phenoxy) is 1. The highest BCUT2D eigenvalue weighted by Gasteiger charge is 2.49.